The molecule has 1 unspecified atom stereocenters. The third-order valence-electron chi connectivity index (χ3n) is 3.75. The van der Waals surface area contributed by atoms with E-state index in [1.807, 2.05) is 14.0 Å². The SMILES string of the molecule is CCC(C(=O)NN)N(C)CC1CCN(C)CC1. The third-order valence-corrected chi connectivity index (χ3v) is 3.75. The number of amides is 1. The number of likely N-dealkylation sites (tertiary alicyclic amines) is 1. The molecule has 0 spiro atoms. The number of nitrogens with one attached hydrogen (secondary N) is 1. The summed E-state index contributed by atoms with van der Waals surface area (Å²) in [5, 5.41) is 0. The summed E-state index contributed by atoms with van der Waals surface area (Å²) in [4.78, 5) is 16.1. The Balaban J connectivity index is 2.41. The molecule has 1 saturated heterocycles. The van der Waals surface area contributed by atoms with Crippen LogP contribution in [0.1, 0.15) is 26.2 Å². The van der Waals surface area contributed by atoms with Gasteiger partial charge in [0, 0.05) is 6.54 Å². The molecule has 5 heteroatoms. The highest BCUT2D eigenvalue weighted by atomic mass is 16.2. The molecule has 1 aliphatic rings. The molecule has 5 nitrogen and oxygen atoms in total. The topological polar surface area (TPSA) is 61.6 Å². The van der Waals surface area contributed by atoms with Gasteiger partial charge in [0.2, 0.25) is 0 Å². The Kier molecular flexibility index (Phi) is 5.88. The number of rotatable bonds is 5. The first kappa shape index (κ1) is 14.4. The second-order valence-electron chi connectivity index (χ2n) is 5.12. The Morgan fingerprint density at radius 2 is 2.12 bits per heavy atom. The van der Waals surface area contributed by atoms with Gasteiger partial charge in [0.05, 0.1) is 6.04 Å². The average molecular weight is 242 g/mol. The van der Waals surface area contributed by atoms with Crippen molar-refractivity contribution in [3.05, 3.63) is 0 Å². The number of hydrogen-bond acceptors (Lipinski definition) is 4. The lowest BCUT2D eigenvalue weighted by Gasteiger charge is -2.34. The smallest absolute Gasteiger partial charge is 0.251 e. The molecule has 1 heterocycles. The van der Waals surface area contributed by atoms with Crippen LogP contribution >= 0.6 is 0 Å². The second-order valence-corrected chi connectivity index (χ2v) is 5.12. The van der Waals surface area contributed by atoms with Crippen molar-refractivity contribution in [2.24, 2.45) is 11.8 Å². The highest BCUT2D eigenvalue weighted by Gasteiger charge is 2.24. The van der Waals surface area contributed by atoms with Crippen LogP contribution in [0.5, 0.6) is 0 Å². The van der Waals surface area contributed by atoms with Gasteiger partial charge in [-0.15, -0.1) is 0 Å². The van der Waals surface area contributed by atoms with E-state index in [-0.39, 0.29) is 11.9 Å². The van der Waals surface area contributed by atoms with Crippen LogP contribution < -0.4 is 11.3 Å². The van der Waals surface area contributed by atoms with Gasteiger partial charge in [-0.05, 0) is 52.4 Å². The molecular weight excluding hydrogens is 216 g/mol. The highest BCUT2D eigenvalue weighted by Crippen LogP contribution is 2.18. The molecule has 0 bridgehead atoms. The molecule has 17 heavy (non-hydrogen) atoms. The van der Waals surface area contributed by atoms with E-state index in [2.05, 4.69) is 22.3 Å². The standard InChI is InChI=1S/C12H26N4O/c1-4-11(12(17)14-13)16(3)9-10-5-7-15(2)8-6-10/h10-11H,4-9,13H2,1-3H3,(H,14,17). The van der Waals surface area contributed by atoms with Gasteiger partial charge in [-0.2, -0.15) is 0 Å². The molecule has 100 valence electrons. The minimum Gasteiger partial charge on any atom is -0.306 e. The number of nitrogens with zero attached hydrogens (tertiary/aromatic N) is 2. The maximum absolute atomic E-state index is 11.6. The number of hydrogen-bond donors (Lipinski definition) is 2. The van der Waals surface area contributed by atoms with Gasteiger partial charge in [0.15, 0.2) is 0 Å². The van der Waals surface area contributed by atoms with Crippen molar-refractivity contribution < 1.29 is 4.79 Å². The summed E-state index contributed by atoms with van der Waals surface area (Å²) in [5.41, 5.74) is 2.25. The van der Waals surface area contributed by atoms with Gasteiger partial charge in [-0.3, -0.25) is 15.1 Å². The minimum absolute atomic E-state index is 0.0806. The monoisotopic (exact) mass is 242 g/mol. The molecule has 1 atom stereocenters. The lowest BCUT2D eigenvalue weighted by molar-refractivity contribution is -0.126. The van der Waals surface area contributed by atoms with Gasteiger partial charge < -0.3 is 4.90 Å². The summed E-state index contributed by atoms with van der Waals surface area (Å²) >= 11 is 0. The van der Waals surface area contributed by atoms with E-state index in [1.165, 1.54) is 25.9 Å². The lowest BCUT2D eigenvalue weighted by atomic mass is 9.96. The van der Waals surface area contributed by atoms with Crippen molar-refractivity contribution >= 4 is 5.91 Å². The molecule has 0 aromatic heterocycles. The van der Waals surface area contributed by atoms with Crippen molar-refractivity contribution in [3.8, 4) is 0 Å². The largest absolute Gasteiger partial charge is 0.306 e. The van der Waals surface area contributed by atoms with E-state index >= 15 is 0 Å². The first-order valence-corrected chi connectivity index (χ1v) is 6.47. The average Bonchev–Trinajstić information content (AvgIpc) is 2.32. The molecular formula is C12H26N4O. The molecule has 3 N–H and O–H groups in total. The van der Waals surface area contributed by atoms with E-state index in [4.69, 9.17) is 5.84 Å². The molecule has 0 radical (unpaired) electrons. The van der Waals surface area contributed by atoms with Gasteiger partial charge in [0.1, 0.15) is 0 Å². The van der Waals surface area contributed by atoms with Crippen LogP contribution in [0.4, 0.5) is 0 Å². The van der Waals surface area contributed by atoms with Crippen LogP contribution in [-0.2, 0) is 4.79 Å². The number of hydrazine groups is 1. The van der Waals surface area contributed by atoms with Crippen LogP contribution in [0.3, 0.4) is 0 Å². The molecule has 1 rings (SSSR count). The fourth-order valence-electron chi connectivity index (χ4n) is 2.57. The van der Waals surface area contributed by atoms with Crippen LogP contribution in [0.25, 0.3) is 0 Å². The van der Waals surface area contributed by atoms with Gasteiger partial charge >= 0.3 is 0 Å². The molecule has 1 aliphatic heterocycles. The fraction of sp³-hybridized carbons (Fsp3) is 0.917. The number of piperidine rings is 1. The molecule has 0 aromatic rings. The Labute approximate surface area is 104 Å². The first-order valence-electron chi connectivity index (χ1n) is 6.47. The summed E-state index contributed by atoms with van der Waals surface area (Å²) in [7, 11) is 4.18. The first-order chi connectivity index (χ1) is 8.08. The van der Waals surface area contributed by atoms with Crippen molar-refractivity contribution in [1.82, 2.24) is 15.2 Å². The third kappa shape index (κ3) is 4.26. The lowest BCUT2D eigenvalue weighted by Crippen LogP contribution is -2.49. The zero-order valence-electron chi connectivity index (χ0n) is 11.3. The van der Waals surface area contributed by atoms with Crippen molar-refractivity contribution in [3.63, 3.8) is 0 Å². The molecule has 1 amide bonds. The van der Waals surface area contributed by atoms with E-state index in [9.17, 15) is 4.79 Å². The Morgan fingerprint density at radius 1 is 1.53 bits per heavy atom. The maximum atomic E-state index is 11.6. The number of carbonyl (C=O) groups excluding carboxylic acids is 1. The normalized spacial score (nSPS) is 20.5. The molecule has 0 aromatic carbocycles. The van der Waals surface area contributed by atoms with E-state index in [1.54, 1.807) is 0 Å². The van der Waals surface area contributed by atoms with Gasteiger partial charge in [0.25, 0.3) is 5.91 Å². The van der Waals surface area contributed by atoms with Crippen molar-refractivity contribution in [2.45, 2.75) is 32.2 Å². The summed E-state index contributed by atoms with van der Waals surface area (Å²) in [6.07, 6.45) is 3.25. The van der Waals surface area contributed by atoms with Gasteiger partial charge in [-0.1, -0.05) is 6.92 Å². The maximum Gasteiger partial charge on any atom is 0.251 e. The summed E-state index contributed by atoms with van der Waals surface area (Å²) < 4.78 is 0. The van der Waals surface area contributed by atoms with Crippen molar-refractivity contribution in [1.29, 1.82) is 0 Å². The Hall–Kier alpha value is -0.650. The zero-order chi connectivity index (χ0) is 12.8. The second kappa shape index (κ2) is 6.93. The summed E-state index contributed by atoms with van der Waals surface area (Å²) in [6, 6.07) is -0.0975. The number of carbonyl (C=O) groups is 1. The van der Waals surface area contributed by atoms with Crippen LogP contribution in [-0.4, -0.2) is 55.5 Å². The summed E-state index contributed by atoms with van der Waals surface area (Å²) in [6.45, 7) is 5.33. The van der Waals surface area contributed by atoms with E-state index in [0.717, 1.165) is 13.0 Å². The molecule has 0 aliphatic carbocycles. The Morgan fingerprint density at radius 3 is 2.59 bits per heavy atom. The van der Waals surface area contributed by atoms with E-state index in [0.29, 0.717) is 5.92 Å². The van der Waals surface area contributed by atoms with Crippen LogP contribution in [0.15, 0.2) is 0 Å². The predicted molar refractivity (Wildman–Crippen MR) is 69.3 cm³/mol. The Bertz CT molecular complexity index is 239. The fourth-order valence-corrected chi connectivity index (χ4v) is 2.57. The number of likely N-dealkylation sites (N-methyl/N-ethyl adjacent to an activating group) is 1. The van der Waals surface area contributed by atoms with E-state index < -0.39 is 0 Å². The van der Waals surface area contributed by atoms with Gasteiger partial charge in [-0.25, -0.2) is 5.84 Å². The minimum atomic E-state index is -0.0975. The number of nitrogens with two attached hydrogens (primary N) is 1. The molecule has 1 fully saturated rings. The van der Waals surface area contributed by atoms with Crippen LogP contribution in [0.2, 0.25) is 0 Å². The predicted octanol–water partition coefficient (Wildman–Crippen LogP) is 0.0285. The quantitative estimate of drug-likeness (QED) is 0.406. The zero-order valence-corrected chi connectivity index (χ0v) is 11.3. The molecule has 0 saturated carbocycles. The summed E-state index contributed by atoms with van der Waals surface area (Å²) in [5.74, 6) is 5.83. The van der Waals surface area contributed by atoms with Crippen molar-refractivity contribution in [2.75, 3.05) is 33.7 Å². The highest BCUT2D eigenvalue weighted by molar-refractivity contribution is 5.80. The van der Waals surface area contributed by atoms with Crippen LogP contribution in [0, 0.1) is 5.92 Å².